The van der Waals surface area contributed by atoms with E-state index in [4.69, 9.17) is 27.9 Å². The van der Waals surface area contributed by atoms with Gasteiger partial charge in [0.2, 0.25) is 0 Å². The highest BCUT2D eigenvalue weighted by Gasteiger charge is 2.17. The van der Waals surface area contributed by atoms with Crippen LogP contribution in [0.5, 0.6) is 5.75 Å². The molecule has 1 aromatic rings. The first kappa shape index (κ1) is 12.5. The van der Waals surface area contributed by atoms with Crippen LogP contribution in [0.15, 0.2) is 24.8 Å². The summed E-state index contributed by atoms with van der Waals surface area (Å²) in [5.41, 5.74) is -0.284. The number of nitrogens with zero attached hydrogens (tertiary/aromatic N) is 1. The van der Waals surface area contributed by atoms with Crippen molar-refractivity contribution in [1.29, 1.82) is 0 Å². The maximum atomic E-state index is 10.9. The van der Waals surface area contributed by atoms with Crippen LogP contribution in [0, 0.1) is 10.1 Å². The molecule has 0 aliphatic heterocycles. The lowest BCUT2D eigenvalue weighted by atomic mass is 10.3. The van der Waals surface area contributed by atoms with Gasteiger partial charge in [-0.25, -0.2) is 4.79 Å². The zero-order valence-corrected chi connectivity index (χ0v) is 9.29. The summed E-state index contributed by atoms with van der Waals surface area (Å²) in [4.78, 5) is 20.7. The Morgan fingerprint density at radius 3 is 2.31 bits per heavy atom. The zero-order chi connectivity index (χ0) is 12.3. The third-order valence-corrected chi connectivity index (χ3v) is 2.12. The minimum absolute atomic E-state index is 0.116. The number of carbonyl (C=O) groups is 1. The minimum Gasteiger partial charge on any atom is -0.420 e. The average Bonchev–Trinajstić information content (AvgIpc) is 2.22. The number of esters is 1. The van der Waals surface area contributed by atoms with E-state index >= 15 is 0 Å². The van der Waals surface area contributed by atoms with Gasteiger partial charge in [0.15, 0.2) is 5.75 Å². The fraction of sp³-hybridized carbons (Fsp3) is 0. The predicted molar refractivity (Wildman–Crippen MR) is 58.9 cm³/mol. The Hall–Kier alpha value is -1.59. The van der Waals surface area contributed by atoms with Crippen molar-refractivity contribution < 1.29 is 14.5 Å². The number of hydrogen-bond acceptors (Lipinski definition) is 4. The lowest BCUT2D eigenvalue weighted by Crippen LogP contribution is -2.04. The summed E-state index contributed by atoms with van der Waals surface area (Å²) in [5.74, 6) is -0.878. The maximum absolute atomic E-state index is 10.9. The van der Waals surface area contributed by atoms with Gasteiger partial charge in [0.05, 0.1) is 15.0 Å². The zero-order valence-electron chi connectivity index (χ0n) is 7.78. The fourth-order valence-electron chi connectivity index (χ4n) is 0.892. The molecule has 0 saturated heterocycles. The van der Waals surface area contributed by atoms with Crippen LogP contribution >= 0.6 is 23.2 Å². The Bertz CT molecular complexity index is 450. The number of ether oxygens (including phenoxy) is 1. The van der Waals surface area contributed by atoms with Gasteiger partial charge in [0.1, 0.15) is 0 Å². The Labute approximate surface area is 100 Å². The minimum atomic E-state index is -0.752. The molecule has 84 valence electrons. The average molecular weight is 262 g/mol. The van der Waals surface area contributed by atoms with E-state index in [0.29, 0.717) is 0 Å². The third-order valence-electron chi connectivity index (χ3n) is 1.56. The van der Waals surface area contributed by atoms with Crippen molar-refractivity contribution in [3.8, 4) is 5.75 Å². The van der Waals surface area contributed by atoms with Crippen molar-refractivity contribution in [3.63, 3.8) is 0 Å². The van der Waals surface area contributed by atoms with E-state index < -0.39 is 10.9 Å². The Morgan fingerprint density at radius 1 is 1.44 bits per heavy atom. The van der Waals surface area contributed by atoms with Crippen molar-refractivity contribution in [2.24, 2.45) is 0 Å². The molecule has 0 unspecified atom stereocenters. The predicted octanol–water partition coefficient (Wildman–Crippen LogP) is 2.99. The van der Waals surface area contributed by atoms with E-state index in [0.717, 1.165) is 18.2 Å². The summed E-state index contributed by atoms with van der Waals surface area (Å²) >= 11 is 11.4. The highest BCUT2D eigenvalue weighted by Crippen LogP contribution is 2.36. The van der Waals surface area contributed by atoms with Crippen LogP contribution < -0.4 is 4.74 Å². The third kappa shape index (κ3) is 2.71. The molecule has 0 spiro atoms. The number of rotatable bonds is 3. The van der Waals surface area contributed by atoms with Gasteiger partial charge >= 0.3 is 5.97 Å². The van der Waals surface area contributed by atoms with E-state index in [1.807, 2.05) is 0 Å². The molecular formula is C9H5Cl2NO4. The van der Waals surface area contributed by atoms with Gasteiger partial charge in [-0.2, -0.15) is 0 Å². The Morgan fingerprint density at radius 2 is 1.94 bits per heavy atom. The van der Waals surface area contributed by atoms with Gasteiger partial charge in [-0.15, -0.1) is 0 Å². The molecule has 0 atom stereocenters. The molecular weight excluding hydrogens is 257 g/mol. The molecule has 0 heterocycles. The van der Waals surface area contributed by atoms with Crippen LogP contribution in [-0.4, -0.2) is 10.9 Å². The summed E-state index contributed by atoms with van der Waals surface area (Å²) in [7, 11) is 0. The molecule has 0 bridgehead atoms. The number of carbonyl (C=O) groups excluding carboxylic acids is 1. The molecule has 16 heavy (non-hydrogen) atoms. The second-order valence-electron chi connectivity index (χ2n) is 2.62. The van der Waals surface area contributed by atoms with Crippen molar-refractivity contribution in [1.82, 2.24) is 0 Å². The monoisotopic (exact) mass is 261 g/mol. The largest absolute Gasteiger partial charge is 0.420 e. The first-order valence-electron chi connectivity index (χ1n) is 3.93. The van der Waals surface area contributed by atoms with Crippen molar-refractivity contribution >= 4 is 34.9 Å². The summed E-state index contributed by atoms with van der Waals surface area (Å²) < 4.78 is 4.72. The van der Waals surface area contributed by atoms with E-state index in [1.54, 1.807) is 0 Å². The van der Waals surface area contributed by atoms with Crippen LogP contribution in [-0.2, 0) is 4.79 Å². The first-order valence-corrected chi connectivity index (χ1v) is 4.69. The van der Waals surface area contributed by atoms with E-state index in [2.05, 4.69) is 6.58 Å². The molecule has 0 aliphatic carbocycles. The second kappa shape index (κ2) is 4.96. The van der Waals surface area contributed by atoms with Gasteiger partial charge in [-0.1, -0.05) is 29.8 Å². The molecule has 1 aromatic carbocycles. The van der Waals surface area contributed by atoms with E-state index in [-0.39, 0.29) is 21.5 Å². The molecule has 0 amide bonds. The molecule has 1 rings (SSSR count). The highest BCUT2D eigenvalue weighted by molar-refractivity contribution is 6.37. The molecule has 0 radical (unpaired) electrons. The van der Waals surface area contributed by atoms with Crippen LogP contribution in [0.1, 0.15) is 0 Å². The first-order chi connectivity index (χ1) is 7.45. The van der Waals surface area contributed by atoms with Crippen LogP contribution in [0.3, 0.4) is 0 Å². The van der Waals surface area contributed by atoms with Crippen LogP contribution in [0.2, 0.25) is 10.0 Å². The number of non-ortho nitro benzene ring substituents is 1. The number of halogens is 2. The normalized spacial score (nSPS) is 9.62. The summed E-state index contributed by atoms with van der Waals surface area (Å²) in [6.07, 6.45) is 0.925. The topological polar surface area (TPSA) is 69.4 Å². The highest BCUT2D eigenvalue weighted by atomic mass is 35.5. The van der Waals surface area contributed by atoms with Crippen molar-refractivity contribution in [2.45, 2.75) is 0 Å². The standard InChI is InChI=1S/C9H5Cl2NO4/c1-2-8(13)16-9-6(10)3-5(12(14)15)4-7(9)11/h2-4H,1H2. The Kier molecular flexibility index (Phi) is 3.87. The van der Waals surface area contributed by atoms with E-state index in [1.165, 1.54) is 0 Å². The van der Waals surface area contributed by atoms with Gasteiger partial charge in [-0.05, 0) is 0 Å². The summed E-state index contributed by atoms with van der Waals surface area (Å²) in [6, 6.07) is 2.08. The molecule has 0 aromatic heterocycles. The van der Waals surface area contributed by atoms with Gasteiger partial charge in [0.25, 0.3) is 5.69 Å². The lowest BCUT2D eigenvalue weighted by molar-refractivity contribution is -0.384. The maximum Gasteiger partial charge on any atom is 0.335 e. The van der Waals surface area contributed by atoms with Crippen molar-refractivity contribution in [3.05, 3.63) is 44.9 Å². The summed E-state index contributed by atoms with van der Waals surface area (Å²) in [6.45, 7) is 3.19. The van der Waals surface area contributed by atoms with Crippen LogP contribution in [0.4, 0.5) is 5.69 Å². The smallest absolute Gasteiger partial charge is 0.335 e. The molecule has 5 nitrogen and oxygen atoms in total. The number of nitro groups is 1. The fourth-order valence-corrected chi connectivity index (χ4v) is 1.44. The second-order valence-corrected chi connectivity index (χ2v) is 3.44. The number of nitro benzene ring substituents is 1. The molecule has 0 N–H and O–H groups in total. The number of hydrogen-bond donors (Lipinski definition) is 0. The quantitative estimate of drug-likeness (QED) is 0.276. The summed E-state index contributed by atoms with van der Waals surface area (Å²) in [5, 5.41) is 10.2. The SMILES string of the molecule is C=CC(=O)Oc1c(Cl)cc([N+](=O)[O-])cc1Cl. The van der Waals surface area contributed by atoms with Crippen LogP contribution in [0.25, 0.3) is 0 Å². The molecule has 0 aliphatic rings. The lowest BCUT2D eigenvalue weighted by Gasteiger charge is -2.05. The van der Waals surface area contributed by atoms with E-state index in [9.17, 15) is 14.9 Å². The van der Waals surface area contributed by atoms with Gasteiger partial charge in [-0.3, -0.25) is 10.1 Å². The van der Waals surface area contributed by atoms with Crippen molar-refractivity contribution in [2.75, 3.05) is 0 Å². The molecule has 0 saturated carbocycles. The molecule has 7 heteroatoms. The number of benzene rings is 1. The Balaban J connectivity index is 3.17. The van der Waals surface area contributed by atoms with Gasteiger partial charge < -0.3 is 4.74 Å². The van der Waals surface area contributed by atoms with Gasteiger partial charge in [0, 0.05) is 18.2 Å². The molecule has 0 fully saturated rings.